The van der Waals surface area contributed by atoms with Crippen molar-refractivity contribution in [2.45, 2.75) is 26.0 Å². The van der Waals surface area contributed by atoms with Gasteiger partial charge in [-0.3, -0.25) is 10.1 Å². The Morgan fingerprint density at radius 1 is 1.15 bits per heavy atom. The number of rotatable bonds is 3. The number of aliphatic hydroxyl groups is 1. The minimum absolute atomic E-state index is 0.137. The number of aliphatic hydroxyl groups excluding tert-OH is 1. The summed E-state index contributed by atoms with van der Waals surface area (Å²) in [5, 5.41) is 23.9. The molecular weight excluding hydrogens is 328 g/mol. The van der Waals surface area contributed by atoms with Crippen molar-refractivity contribution in [1.29, 1.82) is 0 Å². The molecule has 4 rings (SSSR count). The molecule has 1 aliphatic heterocycles. The standard InChI is InChI=1S/C21H20N2O3/c1-14-17(6-4-8-20(14)23(25)26)12-22-13-18(24)11-16-10-9-15-5-2-3-7-19(15)21(16)22/h2-10,18,24H,11-13H2,1H3/t18-/m1/s1. The van der Waals surface area contributed by atoms with Gasteiger partial charge in [-0.25, -0.2) is 0 Å². The maximum absolute atomic E-state index is 11.2. The van der Waals surface area contributed by atoms with Gasteiger partial charge in [0, 0.05) is 42.2 Å². The number of hydrogen-bond donors (Lipinski definition) is 1. The van der Waals surface area contributed by atoms with Crippen LogP contribution in [0.25, 0.3) is 10.8 Å². The molecule has 1 heterocycles. The van der Waals surface area contributed by atoms with E-state index < -0.39 is 6.10 Å². The van der Waals surface area contributed by atoms with E-state index >= 15 is 0 Å². The van der Waals surface area contributed by atoms with Crippen molar-refractivity contribution in [3.63, 3.8) is 0 Å². The molecule has 0 radical (unpaired) electrons. The lowest BCUT2D eigenvalue weighted by molar-refractivity contribution is -0.385. The highest BCUT2D eigenvalue weighted by molar-refractivity contribution is 5.96. The summed E-state index contributed by atoms with van der Waals surface area (Å²) in [6.45, 7) is 2.84. The van der Waals surface area contributed by atoms with E-state index in [4.69, 9.17) is 0 Å². The molecule has 0 bridgehead atoms. The third-order valence-electron chi connectivity index (χ3n) is 5.16. The van der Waals surface area contributed by atoms with Gasteiger partial charge in [0.25, 0.3) is 5.69 Å². The highest BCUT2D eigenvalue weighted by Gasteiger charge is 2.26. The molecule has 1 atom stereocenters. The fourth-order valence-corrected chi connectivity index (χ4v) is 3.89. The molecule has 1 N–H and O–H groups in total. The molecule has 0 amide bonds. The van der Waals surface area contributed by atoms with E-state index in [0.717, 1.165) is 27.6 Å². The summed E-state index contributed by atoms with van der Waals surface area (Å²) < 4.78 is 0. The van der Waals surface area contributed by atoms with Gasteiger partial charge < -0.3 is 10.0 Å². The summed E-state index contributed by atoms with van der Waals surface area (Å²) in [6.07, 6.45) is 0.188. The molecule has 0 aliphatic carbocycles. The van der Waals surface area contributed by atoms with Crippen LogP contribution >= 0.6 is 0 Å². The molecule has 3 aromatic carbocycles. The lowest BCUT2D eigenvalue weighted by atomic mass is 9.94. The number of fused-ring (bicyclic) bond motifs is 3. The van der Waals surface area contributed by atoms with Crippen LogP contribution < -0.4 is 4.90 Å². The molecule has 0 saturated heterocycles. The SMILES string of the molecule is Cc1c(CN2C[C@H](O)Cc3ccc4ccccc4c32)cccc1[N+](=O)[O-]. The van der Waals surface area contributed by atoms with Crippen LogP contribution in [-0.2, 0) is 13.0 Å². The van der Waals surface area contributed by atoms with Crippen LogP contribution in [0, 0.1) is 17.0 Å². The molecule has 26 heavy (non-hydrogen) atoms. The van der Waals surface area contributed by atoms with Crippen molar-refractivity contribution < 1.29 is 10.0 Å². The smallest absolute Gasteiger partial charge is 0.272 e. The Hall–Kier alpha value is -2.92. The first-order valence-electron chi connectivity index (χ1n) is 8.71. The number of nitrogens with zero attached hydrogens (tertiary/aromatic N) is 2. The Kier molecular flexibility index (Phi) is 4.09. The normalized spacial score (nSPS) is 16.5. The van der Waals surface area contributed by atoms with Crippen LogP contribution in [0.4, 0.5) is 11.4 Å². The van der Waals surface area contributed by atoms with Crippen LogP contribution in [-0.4, -0.2) is 22.7 Å². The topological polar surface area (TPSA) is 66.6 Å². The van der Waals surface area contributed by atoms with Gasteiger partial charge in [-0.15, -0.1) is 0 Å². The third-order valence-corrected chi connectivity index (χ3v) is 5.16. The zero-order chi connectivity index (χ0) is 18.3. The first kappa shape index (κ1) is 16.5. The third kappa shape index (κ3) is 2.80. The number of nitro groups is 1. The minimum atomic E-state index is -0.442. The zero-order valence-corrected chi connectivity index (χ0v) is 14.6. The second-order valence-corrected chi connectivity index (χ2v) is 6.85. The van der Waals surface area contributed by atoms with E-state index in [1.54, 1.807) is 13.0 Å². The molecule has 0 fully saturated rings. The van der Waals surface area contributed by atoms with Gasteiger partial charge in [0.05, 0.1) is 11.0 Å². The van der Waals surface area contributed by atoms with Crippen LogP contribution in [0.2, 0.25) is 0 Å². The highest BCUT2D eigenvalue weighted by atomic mass is 16.6. The fourth-order valence-electron chi connectivity index (χ4n) is 3.89. The van der Waals surface area contributed by atoms with E-state index in [-0.39, 0.29) is 10.6 Å². The minimum Gasteiger partial charge on any atom is -0.391 e. The molecule has 0 spiro atoms. The number of hydrogen-bond acceptors (Lipinski definition) is 4. The van der Waals surface area contributed by atoms with Crippen molar-refractivity contribution in [2.75, 3.05) is 11.4 Å². The lowest BCUT2D eigenvalue weighted by Gasteiger charge is -2.35. The predicted molar refractivity (Wildman–Crippen MR) is 103 cm³/mol. The molecule has 0 aromatic heterocycles. The average Bonchev–Trinajstić information content (AvgIpc) is 2.62. The molecular formula is C21H20N2O3. The lowest BCUT2D eigenvalue weighted by Crippen LogP contribution is -2.38. The van der Waals surface area contributed by atoms with Gasteiger partial charge in [-0.05, 0) is 23.4 Å². The van der Waals surface area contributed by atoms with Gasteiger partial charge in [0.2, 0.25) is 0 Å². The number of anilines is 1. The first-order chi connectivity index (χ1) is 12.5. The summed E-state index contributed by atoms with van der Waals surface area (Å²) in [6, 6.07) is 17.6. The summed E-state index contributed by atoms with van der Waals surface area (Å²) in [5.74, 6) is 0. The number of nitro benzene ring substituents is 1. The Morgan fingerprint density at radius 3 is 2.77 bits per heavy atom. The largest absolute Gasteiger partial charge is 0.391 e. The maximum Gasteiger partial charge on any atom is 0.272 e. The summed E-state index contributed by atoms with van der Waals surface area (Å²) in [4.78, 5) is 13.1. The summed E-state index contributed by atoms with van der Waals surface area (Å²) in [7, 11) is 0. The predicted octanol–water partition coefficient (Wildman–Crippen LogP) is 3.98. The van der Waals surface area contributed by atoms with Gasteiger partial charge in [0.15, 0.2) is 0 Å². The van der Waals surface area contributed by atoms with E-state index in [1.165, 1.54) is 6.07 Å². The second-order valence-electron chi connectivity index (χ2n) is 6.85. The number of benzene rings is 3. The molecule has 0 saturated carbocycles. The van der Waals surface area contributed by atoms with Gasteiger partial charge >= 0.3 is 0 Å². The number of β-amino-alcohol motifs (C(OH)–C–C–N with tert-alkyl or cyclic N) is 1. The molecule has 1 aliphatic rings. The molecule has 0 unspecified atom stereocenters. The van der Waals surface area contributed by atoms with Crippen LogP contribution in [0.3, 0.4) is 0 Å². The molecule has 5 heteroatoms. The second kappa shape index (κ2) is 6.42. The van der Waals surface area contributed by atoms with Crippen molar-refractivity contribution >= 4 is 22.1 Å². The van der Waals surface area contributed by atoms with Crippen molar-refractivity contribution in [2.24, 2.45) is 0 Å². The van der Waals surface area contributed by atoms with E-state index in [9.17, 15) is 15.2 Å². The monoisotopic (exact) mass is 348 g/mol. The van der Waals surface area contributed by atoms with E-state index in [2.05, 4.69) is 29.2 Å². The quantitative estimate of drug-likeness (QED) is 0.574. The zero-order valence-electron chi connectivity index (χ0n) is 14.6. The van der Waals surface area contributed by atoms with Crippen LogP contribution in [0.1, 0.15) is 16.7 Å². The fraction of sp³-hybridized carbons (Fsp3) is 0.238. The Morgan fingerprint density at radius 2 is 1.96 bits per heavy atom. The van der Waals surface area contributed by atoms with Crippen molar-refractivity contribution in [3.8, 4) is 0 Å². The van der Waals surface area contributed by atoms with Gasteiger partial charge in [-0.2, -0.15) is 0 Å². The van der Waals surface area contributed by atoms with Crippen molar-refractivity contribution in [3.05, 3.63) is 81.4 Å². The molecule has 5 nitrogen and oxygen atoms in total. The van der Waals surface area contributed by atoms with Crippen LogP contribution in [0.15, 0.2) is 54.6 Å². The molecule has 3 aromatic rings. The Bertz CT molecular complexity index is 1000. The molecule has 132 valence electrons. The average molecular weight is 348 g/mol. The van der Waals surface area contributed by atoms with Crippen LogP contribution in [0.5, 0.6) is 0 Å². The summed E-state index contributed by atoms with van der Waals surface area (Å²) >= 11 is 0. The van der Waals surface area contributed by atoms with Crippen molar-refractivity contribution in [1.82, 2.24) is 0 Å². The Balaban J connectivity index is 1.81. The van der Waals surface area contributed by atoms with Gasteiger partial charge in [-0.1, -0.05) is 48.5 Å². The Labute approximate surface area is 151 Å². The van der Waals surface area contributed by atoms with E-state index in [0.29, 0.717) is 25.1 Å². The maximum atomic E-state index is 11.2. The highest BCUT2D eigenvalue weighted by Crippen LogP contribution is 2.36. The first-order valence-corrected chi connectivity index (χ1v) is 8.71. The van der Waals surface area contributed by atoms with E-state index in [1.807, 2.05) is 18.2 Å². The summed E-state index contributed by atoms with van der Waals surface area (Å²) in [5.41, 5.74) is 3.97. The van der Waals surface area contributed by atoms with Gasteiger partial charge in [0.1, 0.15) is 0 Å².